The number of ketones is 1. The Morgan fingerprint density at radius 3 is 2.02 bits per heavy atom. The Kier molecular flexibility index (Phi) is 9.89. The van der Waals surface area contributed by atoms with Crippen LogP contribution in [-0.2, 0) is 14.4 Å². The molecule has 1 aliphatic rings. The van der Waals surface area contributed by atoms with E-state index in [0.717, 1.165) is 19.6 Å². The van der Waals surface area contributed by atoms with Gasteiger partial charge in [0.15, 0.2) is 17.3 Å². The normalized spacial score (nSPS) is 13.2. The van der Waals surface area contributed by atoms with E-state index in [1.807, 2.05) is 6.07 Å². The van der Waals surface area contributed by atoms with E-state index in [1.165, 1.54) is 46.1 Å². The molecular formula is C36H35NO8. The summed E-state index contributed by atoms with van der Waals surface area (Å²) in [6, 6.07) is 20.5. The topological polar surface area (TPSA) is 108 Å². The lowest BCUT2D eigenvalue weighted by atomic mass is 9.89. The van der Waals surface area contributed by atoms with Crippen LogP contribution in [0, 0.1) is 0 Å². The van der Waals surface area contributed by atoms with Crippen molar-refractivity contribution in [3.63, 3.8) is 0 Å². The number of likely N-dealkylation sites (tertiary alicyclic amines) is 1. The van der Waals surface area contributed by atoms with Gasteiger partial charge >= 0.3 is 17.9 Å². The van der Waals surface area contributed by atoms with Crippen LogP contribution in [-0.4, -0.2) is 54.8 Å². The van der Waals surface area contributed by atoms with Crippen LogP contribution in [0.25, 0.3) is 21.9 Å². The maximum absolute atomic E-state index is 14.2. The van der Waals surface area contributed by atoms with Crippen molar-refractivity contribution in [2.24, 2.45) is 0 Å². The number of fused-ring (bicyclic) bond motifs is 1. The lowest BCUT2D eigenvalue weighted by Crippen LogP contribution is -2.33. The van der Waals surface area contributed by atoms with Crippen LogP contribution in [0.5, 0.6) is 23.0 Å². The molecule has 0 bridgehead atoms. The van der Waals surface area contributed by atoms with Gasteiger partial charge in [-0.1, -0.05) is 24.6 Å². The number of benzene rings is 4. The molecule has 4 aromatic carbocycles. The first kappa shape index (κ1) is 31.4. The van der Waals surface area contributed by atoms with Gasteiger partial charge in [0.25, 0.3) is 0 Å². The summed E-state index contributed by atoms with van der Waals surface area (Å²) in [5, 5.41) is 1.32. The number of rotatable bonds is 10. The van der Waals surface area contributed by atoms with Gasteiger partial charge < -0.3 is 18.9 Å². The molecule has 4 aromatic rings. The minimum absolute atomic E-state index is 0.0463. The molecular weight excluding hydrogens is 574 g/mol. The zero-order chi connectivity index (χ0) is 31.9. The van der Waals surface area contributed by atoms with Crippen molar-refractivity contribution in [3.05, 3.63) is 83.9 Å². The number of carbonyl (C=O) groups is 4. The Labute approximate surface area is 261 Å². The number of nitrogens with zero attached hydrogens (tertiary/aromatic N) is 1. The number of hydrogen-bond acceptors (Lipinski definition) is 9. The molecule has 0 radical (unpaired) electrons. The highest BCUT2D eigenvalue weighted by Gasteiger charge is 2.21. The summed E-state index contributed by atoms with van der Waals surface area (Å²) >= 11 is 0. The van der Waals surface area contributed by atoms with Crippen LogP contribution in [0.2, 0.25) is 0 Å². The average molecular weight is 610 g/mol. The molecule has 1 aliphatic heterocycles. The van der Waals surface area contributed by atoms with E-state index in [2.05, 4.69) is 4.90 Å². The third kappa shape index (κ3) is 7.93. The molecule has 0 aliphatic carbocycles. The Balaban J connectivity index is 1.51. The number of ether oxygens (including phenoxy) is 4. The van der Waals surface area contributed by atoms with Gasteiger partial charge in [-0.3, -0.25) is 24.1 Å². The van der Waals surface area contributed by atoms with Crippen molar-refractivity contribution in [1.82, 2.24) is 4.90 Å². The van der Waals surface area contributed by atoms with E-state index in [4.69, 9.17) is 18.9 Å². The molecule has 232 valence electrons. The smallest absolute Gasteiger partial charge is 0.308 e. The summed E-state index contributed by atoms with van der Waals surface area (Å²) in [5.74, 6) is -0.691. The number of piperidine rings is 1. The first-order valence-electron chi connectivity index (χ1n) is 14.9. The van der Waals surface area contributed by atoms with Crippen LogP contribution in [0.3, 0.4) is 0 Å². The highest BCUT2D eigenvalue weighted by Crippen LogP contribution is 2.38. The molecule has 0 aromatic heterocycles. The van der Waals surface area contributed by atoms with Crippen LogP contribution < -0.4 is 18.9 Å². The molecule has 5 rings (SSSR count). The first-order valence-corrected chi connectivity index (χ1v) is 14.9. The fourth-order valence-electron chi connectivity index (χ4n) is 5.49. The second kappa shape index (κ2) is 14.2. The molecule has 1 heterocycles. The molecule has 0 N–H and O–H groups in total. The summed E-state index contributed by atoms with van der Waals surface area (Å²) in [6.07, 6.45) is 3.73. The molecule has 0 amide bonds. The van der Waals surface area contributed by atoms with Crippen LogP contribution >= 0.6 is 0 Å². The zero-order valence-electron chi connectivity index (χ0n) is 25.6. The Bertz CT molecular complexity index is 1740. The summed E-state index contributed by atoms with van der Waals surface area (Å²) in [4.78, 5) is 51.7. The molecule has 0 unspecified atom stereocenters. The largest absolute Gasteiger partial charge is 0.492 e. The highest BCUT2D eigenvalue weighted by atomic mass is 16.6. The van der Waals surface area contributed by atoms with Gasteiger partial charge in [-0.05, 0) is 102 Å². The van der Waals surface area contributed by atoms with Crippen LogP contribution in [0.4, 0.5) is 0 Å². The van der Waals surface area contributed by atoms with E-state index >= 15 is 0 Å². The number of esters is 3. The average Bonchev–Trinajstić information content (AvgIpc) is 3.01. The third-order valence-electron chi connectivity index (χ3n) is 7.48. The lowest BCUT2D eigenvalue weighted by molar-refractivity contribution is -0.134. The van der Waals surface area contributed by atoms with E-state index < -0.39 is 17.9 Å². The predicted octanol–water partition coefficient (Wildman–Crippen LogP) is 6.38. The maximum atomic E-state index is 14.2. The molecule has 0 saturated carbocycles. The van der Waals surface area contributed by atoms with Gasteiger partial charge in [0.2, 0.25) is 0 Å². The summed E-state index contributed by atoms with van der Waals surface area (Å²) in [6.45, 7) is 7.45. The van der Waals surface area contributed by atoms with E-state index in [9.17, 15) is 19.2 Å². The van der Waals surface area contributed by atoms with Crippen molar-refractivity contribution in [1.29, 1.82) is 0 Å². The Morgan fingerprint density at radius 1 is 0.667 bits per heavy atom. The quantitative estimate of drug-likeness (QED) is 0.115. The second-order valence-corrected chi connectivity index (χ2v) is 10.9. The number of hydrogen-bond donors (Lipinski definition) is 0. The highest BCUT2D eigenvalue weighted by molar-refractivity contribution is 6.20. The van der Waals surface area contributed by atoms with E-state index in [1.54, 1.807) is 60.7 Å². The van der Waals surface area contributed by atoms with Crippen LogP contribution in [0.15, 0.2) is 72.8 Å². The van der Waals surface area contributed by atoms with Crippen molar-refractivity contribution < 1.29 is 38.1 Å². The lowest BCUT2D eigenvalue weighted by Gasteiger charge is -2.26. The fourth-order valence-corrected chi connectivity index (χ4v) is 5.49. The fraction of sp³-hybridized carbons (Fsp3) is 0.278. The van der Waals surface area contributed by atoms with Crippen molar-refractivity contribution in [2.75, 3.05) is 26.2 Å². The van der Waals surface area contributed by atoms with Crippen molar-refractivity contribution in [3.8, 4) is 34.1 Å². The maximum Gasteiger partial charge on any atom is 0.308 e. The molecule has 1 saturated heterocycles. The summed E-state index contributed by atoms with van der Waals surface area (Å²) in [7, 11) is 0. The minimum atomic E-state index is -0.591. The van der Waals surface area contributed by atoms with E-state index in [0.29, 0.717) is 51.1 Å². The van der Waals surface area contributed by atoms with Gasteiger partial charge in [0.1, 0.15) is 18.1 Å². The number of carbonyl (C=O) groups excluding carboxylic acids is 4. The Morgan fingerprint density at radius 2 is 1.33 bits per heavy atom. The van der Waals surface area contributed by atoms with Gasteiger partial charge in [0, 0.05) is 38.4 Å². The minimum Gasteiger partial charge on any atom is -0.492 e. The summed E-state index contributed by atoms with van der Waals surface area (Å²) < 4.78 is 21.8. The van der Waals surface area contributed by atoms with Crippen molar-refractivity contribution >= 4 is 34.5 Å². The van der Waals surface area contributed by atoms with Gasteiger partial charge in [0.05, 0.1) is 0 Å². The third-order valence-corrected chi connectivity index (χ3v) is 7.48. The molecule has 0 spiro atoms. The molecule has 1 fully saturated rings. The zero-order valence-corrected chi connectivity index (χ0v) is 25.6. The van der Waals surface area contributed by atoms with Crippen molar-refractivity contribution in [2.45, 2.75) is 40.0 Å². The van der Waals surface area contributed by atoms with Gasteiger partial charge in [-0.2, -0.15) is 0 Å². The molecule has 9 heteroatoms. The molecule has 9 nitrogen and oxygen atoms in total. The molecule has 0 atom stereocenters. The molecule has 45 heavy (non-hydrogen) atoms. The predicted molar refractivity (Wildman–Crippen MR) is 169 cm³/mol. The van der Waals surface area contributed by atoms with Crippen LogP contribution in [0.1, 0.15) is 56.0 Å². The van der Waals surface area contributed by atoms with Gasteiger partial charge in [-0.15, -0.1) is 0 Å². The first-order chi connectivity index (χ1) is 21.7. The van der Waals surface area contributed by atoms with Gasteiger partial charge in [-0.25, -0.2) is 0 Å². The summed E-state index contributed by atoms with van der Waals surface area (Å²) in [5.41, 5.74) is 1.98. The SMILES string of the molecule is CC(=O)Oc1ccc2c(C(=O)c3ccc(OCCN4CCCCC4)cc3)c(-c3ccc(OC(C)=O)c(OC(C)=O)c3)ccc2c1. The Hall–Kier alpha value is -5.02. The second-order valence-electron chi connectivity index (χ2n) is 10.9. The standard InChI is InChI=1S/C36H35NO8/c1-23(38)43-30-13-15-32-27(21-30)9-14-31(28-10-16-33(44-24(2)39)34(22-28)45-25(3)40)35(32)36(41)26-7-11-29(12-8-26)42-20-19-37-17-5-4-6-18-37/h7-16,21-22H,4-6,17-20H2,1-3H3. The monoisotopic (exact) mass is 609 g/mol. The van der Waals surface area contributed by atoms with E-state index in [-0.39, 0.29) is 17.3 Å².